The zero-order valence-corrected chi connectivity index (χ0v) is 18.9. The molecule has 1 fully saturated rings. The summed E-state index contributed by atoms with van der Waals surface area (Å²) in [6, 6.07) is 3.67. The number of hydrogen-bond acceptors (Lipinski definition) is 10. The minimum Gasteiger partial charge on any atom is -0.477 e. The summed E-state index contributed by atoms with van der Waals surface area (Å²) in [5.41, 5.74) is -1.10. The van der Waals surface area contributed by atoms with Crippen LogP contribution in [0.25, 0.3) is 0 Å². The molecule has 11 nitrogen and oxygen atoms in total. The number of ether oxygens (including phenoxy) is 1. The van der Waals surface area contributed by atoms with Gasteiger partial charge < -0.3 is 15.2 Å². The number of carboxylic acids is 1. The number of fused-ring (bicyclic) bond motifs is 1. The maximum absolute atomic E-state index is 13.1. The molecule has 164 valence electrons. The van der Waals surface area contributed by atoms with Gasteiger partial charge in [0.05, 0.1) is 6.42 Å². The highest BCUT2D eigenvalue weighted by atomic mass is 32.2. The molecule has 2 aliphatic rings. The fourth-order valence-corrected chi connectivity index (χ4v) is 6.50. The molecule has 2 aromatic heterocycles. The van der Waals surface area contributed by atoms with Crippen molar-refractivity contribution in [1.82, 2.24) is 30.4 Å². The lowest BCUT2D eigenvalue weighted by Gasteiger charge is -2.55. The Morgan fingerprint density at radius 2 is 2.29 bits per heavy atom. The Morgan fingerprint density at radius 1 is 1.48 bits per heavy atom. The maximum atomic E-state index is 13.1. The first kappa shape index (κ1) is 21.8. The van der Waals surface area contributed by atoms with Gasteiger partial charge in [0.25, 0.3) is 11.6 Å². The van der Waals surface area contributed by atoms with Crippen molar-refractivity contribution in [3.8, 4) is 0 Å². The van der Waals surface area contributed by atoms with Crippen molar-refractivity contribution in [2.75, 3.05) is 18.6 Å². The molecule has 0 aliphatic carbocycles. The third-order valence-corrected chi connectivity index (χ3v) is 8.18. The van der Waals surface area contributed by atoms with Gasteiger partial charge in [-0.2, -0.15) is 0 Å². The first-order chi connectivity index (χ1) is 14.9. The molecule has 2 aliphatic heterocycles. The van der Waals surface area contributed by atoms with E-state index in [9.17, 15) is 19.5 Å². The molecule has 2 atom stereocenters. The molecule has 0 spiro atoms. The van der Waals surface area contributed by atoms with Crippen LogP contribution in [0.1, 0.15) is 4.88 Å². The van der Waals surface area contributed by atoms with Crippen LogP contribution >= 0.6 is 34.9 Å². The van der Waals surface area contributed by atoms with Crippen molar-refractivity contribution < 1.29 is 24.2 Å². The number of thioether (sulfide) groups is 2. The van der Waals surface area contributed by atoms with Crippen molar-refractivity contribution in [2.45, 2.75) is 22.7 Å². The molecular formula is C17H18N6O5S3. The SMILES string of the molecule is CO[C@@]1(NC(=O)Cc2cccs2)C(=O)N2C(C(=O)O)=C(CSc3nnnn3C)CS[C@@H]21. The Labute approximate surface area is 189 Å². The van der Waals surface area contributed by atoms with Crippen LogP contribution in [0.2, 0.25) is 0 Å². The van der Waals surface area contributed by atoms with Crippen molar-refractivity contribution >= 4 is 52.6 Å². The number of carbonyl (C=O) groups excluding carboxylic acids is 2. The lowest BCUT2D eigenvalue weighted by atomic mass is 9.98. The number of aromatic nitrogens is 4. The number of thiophene rings is 1. The monoisotopic (exact) mass is 482 g/mol. The van der Waals surface area contributed by atoms with Crippen LogP contribution in [0, 0.1) is 0 Å². The smallest absolute Gasteiger partial charge is 0.352 e. The summed E-state index contributed by atoms with van der Waals surface area (Å²) >= 11 is 4.07. The van der Waals surface area contributed by atoms with Gasteiger partial charge in [0.15, 0.2) is 0 Å². The first-order valence-corrected chi connectivity index (χ1v) is 11.9. The fourth-order valence-electron chi connectivity index (χ4n) is 3.37. The van der Waals surface area contributed by atoms with Crippen LogP contribution < -0.4 is 5.32 Å². The molecule has 0 aromatic carbocycles. The van der Waals surface area contributed by atoms with Gasteiger partial charge >= 0.3 is 5.97 Å². The lowest BCUT2D eigenvalue weighted by molar-refractivity contribution is -0.192. The summed E-state index contributed by atoms with van der Waals surface area (Å²) in [5, 5.41) is 25.4. The third-order valence-electron chi connectivity index (χ3n) is 4.83. The van der Waals surface area contributed by atoms with E-state index in [2.05, 4.69) is 20.8 Å². The molecular weight excluding hydrogens is 464 g/mol. The molecule has 14 heteroatoms. The Bertz CT molecular complexity index is 1050. The van der Waals surface area contributed by atoms with E-state index in [0.29, 0.717) is 22.2 Å². The van der Waals surface area contributed by atoms with E-state index in [0.717, 1.165) is 4.88 Å². The summed E-state index contributed by atoms with van der Waals surface area (Å²) in [4.78, 5) is 39.7. The Balaban J connectivity index is 1.53. The van der Waals surface area contributed by atoms with Gasteiger partial charge in [-0.15, -0.1) is 28.2 Å². The van der Waals surface area contributed by atoms with Crippen LogP contribution in [-0.4, -0.2) is 77.7 Å². The zero-order chi connectivity index (χ0) is 22.2. The van der Waals surface area contributed by atoms with Gasteiger partial charge in [-0.3, -0.25) is 14.5 Å². The topological polar surface area (TPSA) is 140 Å². The summed E-state index contributed by atoms with van der Waals surface area (Å²) < 4.78 is 6.94. The lowest BCUT2D eigenvalue weighted by Crippen LogP contribution is -2.80. The normalized spacial score (nSPS) is 22.8. The third kappa shape index (κ3) is 3.84. The van der Waals surface area contributed by atoms with Crippen molar-refractivity contribution in [2.24, 2.45) is 7.05 Å². The summed E-state index contributed by atoms with van der Waals surface area (Å²) in [5.74, 6) is -1.51. The molecule has 4 rings (SSSR count). The van der Waals surface area contributed by atoms with Crippen molar-refractivity contribution in [3.63, 3.8) is 0 Å². The minimum absolute atomic E-state index is 0.0865. The summed E-state index contributed by atoms with van der Waals surface area (Å²) in [7, 11) is 3.02. The highest BCUT2D eigenvalue weighted by molar-refractivity contribution is 8.01. The van der Waals surface area contributed by atoms with Gasteiger partial charge in [0.1, 0.15) is 11.1 Å². The average Bonchev–Trinajstić information content (AvgIpc) is 3.40. The van der Waals surface area contributed by atoms with Crippen LogP contribution in [0.15, 0.2) is 33.9 Å². The number of nitrogens with zero attached hydrogens (tertiary/aromatic N) is 5. The van der Waals surface area contributed by atoms with Gasteiger partial charge in [0, 0.05) is 30.5 Å². The number of hydrogen-bond donors (Lipinski definition) is 2. The van der Waals surface area contributed by atoms with Crippen molar-refractivity contribution in [1.29, 1.82) is 0 Å². The number of aryl methyl sites for hydroxylation is 1. The van der Waals surface area contributed by atoms with E-state index in [1.165, 1.54) is 51.6 Å². The molecule has 0 bridgehead atoms. The molecule has 4 heterocycles. The van der Waals surface area contributed by atoms with Crippen LogP contribution in [-0.2, 0) is 32.6 Å². The van der Waals surface area contributed by atoms with Crippen LogP contribution in [0.5, 0.6) is 0 Å². The number of nitrogens with one attached hydrogen (secondary N) is 1. The minimum atomic E-state index is -1.59. The molecule has 2 N–H and O–H groups in total. The van der Waals surface area contributed by atoms with E-state index < -0.39 is 23.0 Å². The maximum Gasteiger partial charge on any atom is 0.352 e. The quantitative estimate of drug-likeness (QED) is 0.307. The number of carboxylic acid groups (broad SMARTS) is 1. The van der Waals surface area contributed by atoms with Crippen LogP contribution in [0.4, 0.5) is 0 Å². The van der Waals surface area contributed by atoms with E-state index >= 15 is 0 Å². The van der Waals surface area contributed by atoms with Crippen LogP contribution in [0.3, 0.4) is 0 Å². The molecule has 0 saturated carbocycles. The first-order valence-electron chi connectivity index (χ1n) is 9.01. The number of aliphatic carboxylic acids is 1. The number of carbonyl (C=O) groups is 3. The highest BCUT2D eigenvalue weighted by Crippen LogP contribution is 2.47. The van der Waals surface area contributed by atoms with Crippen molar-refractivity contribution in [3.05, 3.63) is 33.7 Å². The summed E-state index contributed by atoms with van der Waals surface area (Å²) in [6.45, 7) is 0. The number of amides is 2. The standard InChI is InChI=1S/C17H18N6O5S3/c1-22-16(19-20-21-22)31-8-9-7-30-15-17(28-2,14(27)23(15)12(9)13(25)26)18-11(24)6-10-4-3-5-29-10/h3-5,15H,6-8H2,1-2H3,(H,18,24)(H,25,26)/t15-,17+/m1/s1. The zero-order valence-electron chi connectivity index (χ0n) is 16.5. The second-order valence-corrected chi connectivity index (χ2v) is 9.76. The summed E-state index contributed by atoms with van der Waals surface area (Å²) in [6.07, 6.45) is 0.114. The van der Waals surface area contributed by atoms with E-state index in [4.69, 9.17) is 4.74 Å². The predicted octanol–water partition coefficient (Wildman–Crippen LogP) is 0.319. The molecule has 2 aromatic rings. The molecule has 0 radical (unpaired) electrons. The van der Waals surface area contributed by atoms with E-state index in [1.54, 1.807) is 7.05 Å². The highest BCUT2D eigenvalue weighted by Gasteiger charge is 2.66. The number of methoxy groups -OCH3 is 1. The van der Waals surface area contributed by atoms with E-state index in [1.807, 2.05) is 17.5 Å². The second-order valence-electron chi connectivity index (χ2n) is 6.71. The largest absolute Gasteiger partial charge is 0.477 e. The molecule has 0 unspecified atom stereocenters. The molecule has 31 heavy (non-hydrogen) atoms. The Kier molecular flexibility index (Phi) is 6.05. The number of rotatable bonds is 8. The number of tetrazole rings is 1. The van der Waals surface area contributed by atoms with E-state index in [-0.39, 0.29) is 18.0 Å². The van der Waals surface area contributed by atoms with Gasteiger partial charge in [0.2, 0.25) is 11.1 Å². The fraction of sp³-hybridized carbons (Fsp3) is 0.412. The second kappa shape index (κ2) is 8.61. The Hall–Kier alpha value is -2.42. The van der Waals surface area contributed by atoms with Gasteiger partial charge in [-0.1, -0.05) is 17.8 Å². The Morgan fingerprint density at radius 3 is 2.90 bits per heavy atom. The number of β-lactam (4-membered cyclic amide) rings is 1. The van der Waals surface area contributed by atoms with Gasteiger partial charge in [-0.05, 0) is 27.4 Å². The predicted molar refractivity (Wildman–Crippen MR) is 113 cm³/mol. The van der Waals surface area contributed by atoms with Gasteiger partial charge in [-0.25, -0.2) is 9.48 Å². The molecule has 1 saturated heterocycles. The average molecular weight is 483 g/mol. The molecule has 2 amide bonds.